The maximum absolute atomic E-state index is 5.68. The summed E-state index contributed by atoms with van der Waals surface area (Å²) in [5, 5.41) is 0. The van der Waals surface area contributed by atoms with Crippen LogP contribution in [0.3, 0.4) is 0 Å². The van der Waals surface area contributed by atoms with Gasteiger partial charge in [-0.1, -0.05) is 24.3 Å². The highest BCUT2D eigenvalue weighted by Crippen LogP contribution is 2.32. The van der Waals surface area contributed by atoms with Crippen molar-refractivity contribution in [2.24, 2.45) is 5.73 Å². The number of ether oxygens (including phenoxy) is 2. The van der Waals surface area contributed by atoms with Crippen molar-refractivity contribution in [3.05, 3.63) is 48.0 Å². The number of rotatable bonds is 5. The third-order valence-electron chi connectivity index (χ3n) is 2.96. The third-order valence-corrected chi connectivity index (χ3v) is 2.96. The van der Waals surface area contributed by atoms with Crippen molar-refractivity contribution >= 4 is 0 Å². The predicted molar refractivity (Wildman–Crippen MR) is 77.5 cm³/mol. The van der Waals surface area contributed by atoms with Crippen LogP contribution < -0.4 is 15.2 Å². The molecule has 0 aliphatic carbocycles. The maximum Gasteiger partial charge on any atom is 0.161 e. The lowest BCUT2D eigenvalue weighted by Gasteiger charge is -2.11. The van der Waals surface area contributed by atoms with Gasteiger partial charge in [0.05, 0.1) is 13.7 Å². The highest BCUT2D eigenvalue weighted by molar-refractivity contribution is 5.67. The molecule has 0 unspecified atom stereocenters. The van der Waals surface area contributed by atoms with E-state index in [0.717, 1.165) is 28.2 Å². The minimum absolute atomic E-state index is 0.544. The fraction of sp³-hybridized carbons (Fsp3) is 0.250. The zero-order valence-corrected chi connectivity index (χ0v) is 11.3. The summed E-state index contributed by atoms with van der Waals surface area (Å²) in [5.74, 6) is 1.52. The Balaban J connectivity index is 2.41. The molecule has 2 aromatic rings. The van der Waals surface area contributed by atoms with E-state index in [-0.39, 0.29) is 0 Å². The van der Waals surface area contributed by atoms with Crippen LogP contribution in [0, 0.1) is 0 Å². The first-order chi connectivity index (χ1) is 9.28. The van der Waals surface area contributed by atoms with E-state index in [1.165, 1.54) is 0 Å². The van der Waals surface area contributed by atoms with Crippen molar-refractivity contribution in [3.63, 3.8) is 0 Å². The topological polar surface area (TPSA) is 44.5 Å². The Morgan fingerprint density at radius 2 is 1.79 bits per heavy atom. The molecule has 2 aromatic carbocycles. The van der Waals surface area contributed by atoms with Gasteiger partial charge in [-0.25, -0.2) is 0 Å². The molecular weight excluding hydrogens is 238 g/mol. The molecule has 0 aliphatic rings. The van der Waals surface area contributed by atoms with E-state index in [1.807, 2.05) is 37.3 Å². The highest BCUT2D eigenvalue weighted by atomic mass is 16.5. The van der Waals surface area contributed by atoms with Gasteiger partial charge < -0.3 is 15.2 Å². The van der Waals surface area contributed by atoms with Crippen LogP contribution in [0.2, 0.25) is 0 Å². The fourth-order valence-electron chi connectivity index (χ4n) is 2.00. The van der Waals surface area contributed by atoms with Crippen LogP contribution in [-0.4, -0.2) is 13.7 Å². The molecule has 2 rings (SSSR count). The van der Waals surface area contributed by atoms with Gasteiger partial charge in [-0.3, -0.25) is 0 Å². The standard InChI is InChI=1S/C16H19NO2/c1-3-19-16-10-14(7-8-15(16)18-2)13-6-4-5-12(9-13)11-17/h4-10H,3,11,17H2,1-2H3. The Labute approximate surface area is 114 Å². The fourth-order valence-corrected chi connectivity index (χ4v) is 2.00. The summed E-state index contributed by atoms with van der Waals surface area (Å²) in [6.07, 6.45) is 0. The SMILES string of the molecule is CCOc1cc(-c2cccc(CN)c2)ccc1OC. The summed E-state index contributed by atoms with van der Waals surface area (Å²) >= 11 is 0. The molecule has 0 radical (unpaired) electrons. The molecule has 0 bridgehead atoms. The van der Waals surface area contributed by atoms with Crippen molar-refractivity contribution in [2.45, 2.75) is 13.5 Å². The summed E-state index contributed by atoms with van der Waals surface area (Å²) < 4.78 is 10.9. The summed E-state index contributed by atoms with van der Waals surface area (Å²) in [7, 11) is 1.65. The smallest absolute Gasteiger partial charge is 0.161 e. The van der Waals surface area contributed by atoms with E-state index >= 15 is 0 Å². The van der Waals surface area contributed by atoms with Crippen LogP contribution in [0.4, 0.5) is 0 Å². The van der Waals surface area contributed by atoms with Crippen LogP contribution in [0.1, 0.15) is 12.5 Å². The Hall–Kier alpha value is -2.00. The summed E-state index contributed by atoms with van der Waals surface area (Å²) in [4.78, 5) is 0. The quantitative estimate of drug-likeness (QED) is 0.894. The van der Waals surface area contributed by atoms with E-state index in [2.05, 4.69) is 12.1 Å². The zero-order chi connectivity index (χ0) is 13.7. The maximum atomic E-state index is 5.68. The van der Waals surface area contributed by atoms with Gasteiger partial charge in [0.2, 0.25) is 0 Å². The molecule has 3 heteroatoms. The second kappa shape index (κ2) is 6.25. The molecule has 0 aliphatic heterocycles. The second-order valence-electron chi connectivity index (χ2n) is 4.20. The van der Waals surface area contributed by atoms with Gasteiger partial charge in [-0.15, -0.1) is 0 Å². The summed E-state index contributed by atoms with van der Waals surface area (Å²) in [6.45, 7) is 3.12. The molecular formula is C16H19NO2. The Bertz CT molecular complexity index is 552. The van der Waals surface area contributed by atoms with Gasteiger partial charge in [0.15, 0.2) is 11.5 Å². The Kier molecular flexibility index (Phi) is 4.42. The molecule has 2 N–H and O–H groups in total. The summed E-state index contributed by atoms with van der Waals surface area (Å²) in [6, 6.07) is 14.2. The molecule has 19 heavy (non-hydrogen) atoms. The van der Waals surface area contributed by atoms with Crippen molar-refractivity contribution in [2.75, 3.05) is 13.7 Å². The molecule has 0 spiro atoms. The van der Waals surface area contributed by atoms with Crippen molar-refractivity contribution < 1.29 is 9.47 Å². The first-order valence-corrected chi connectivity index (χ1v) is 6.38. The van der Waals surface area contributed by atoms with Crippen LogP contribution >= 0.6 is 0 Å². The van der Waals surface area contributed by atoms with Crippen LogP contribution in [0.5, 0.6) is 11.5 Å². The first kappa shape index (κ1) is 13.4. The van der Waals surface area contributed by atoms with Crippen LogP contribution in [0.25, 0.3) is 11.1 Å². The van der Waals surface area contributed by atoms with Gasteiger partial charge in [0.25, 0.3) is 0 Å². The minimum Gasteiger partial charge on any atom is -0.493 e. The molecule has 0 amide bonds. The zero-order valence-electron chi connectivity index (χ0n) is 11.3. The van der Waals surface area contributed by atoms with Crippen molar-refractivity contribution in [1.29, 1.82) is 0 Å². The number of hydrogen-bond acceptors (Lipinski definition) is 3. The molecule has 0 saturated carbocycles. The van der Waals surface area contributed by atoms with Crippen LogP contribution in [0.15, 0.2) is 42.5 Å². The van der Waals surface area contributed by atoms with Gasteiger partial charge in [-0.05, 0) is 41.8 Å². The molecule has 0 fully saturated rings. The van der Waals surface area contributed by atoms with Crippen molar-refractivity contribution in [1.82, 2.24) is 0 Å². The average Bonchev–Trinajstić information content (AvgIpc) is 2.47. The Morgan fingerprint density at radius 3 is 2.47 bits per heavy atom. The Morgan fingerprint density at radius 1 is 1.00 bits per heavy atom. The van der Waals surface area contributed by atoms with E-state index in [1.54, 1.807) is 7.11 Å². The monoisotopic (exact) mass is 257 g/mol. The highest BCUT2D eigenvalue weighted by Gasteiger charge is 2.07. The average molecular weight is 257 g/mol. The van der Waals surface area contributed by atoms with E-state index in [0.29, 0.717) is 13.2 Å². The summed E-state index contributed by atoms with van der Waals surface area (Å²) in [5.41, 5.74) is 9.02. The lowest BCUT2D eigenvalue weighted by molar-refractivity contribution is 0.311. The van der Waals surface area contributed by atoms with E-state index in [9.17, 15) is 0 Å². The lowest BCUT2D eigenvalue weighted by atomic mass is 10.0. The third kappa shape index (κ3) is 3.06. The van der Waals surface area contributed by atoms with E-state index in [4.69, 9.17) is 15.2 Å². The van der Waals surface area contributed by atoms with Gasteiger partial charge in [-0.2, -0.15) is 0 Å². The van der Waals surface area contributed by atoms with Crippen LogP contribution in [-0.2, 0) is 6.54 Å². The lowest BCUT2D eigenvalue weighted by Crippen LogP contribution is -1.97. The molecule has 3 nitrogen and oxygen atoms in total. The molecule has 100 valence electrons. The minimum atomic E-state index is 0.544. The number of nitrogens with two attached hydrogens (primary N) is 1. The molecule has 0 atom stereocenters. The van der Waals surface area contributed by atoms with Gasteiger partial charge >= 0.3 is 0 Å². The van der Waals surface area contributed by atoms with Crippen molar-refractivity contribution in [3.8, 4) is 22.6 Å². The second-order valence-corrected chi connectivity index (χ2v) is 4.20. The predicted octanol–water partition coefficient (Wildman–Crippen LogP) is 3.22. The largest absolute Gasteiger partial charge is 0.493 e. The molecule has 0 aromatic heterocycles. The van der Waals surface area contributed by atoms with Gasteiger partial charge in [0.1, 0.15) is 0 Å². The number of hydrogen-bond donors (Lipinski definition) is 1. The normalized spacial score (nSPS) is 10.3. The number of benzene rings is 2. The molecule has 0 saturated heterocycles. The van der Waals surface area contributed by atoms with E-state index < -0.39 is 0 Å². The first-order valence-electron chi connectivity index (χ1n) is 6.38. The molecule has 0 heterocycles. The number of methoxy groups -OCH3 is 1. The van der Waals surface area contributed by atoms with Gasteiger partial charge in [0, 0.05) is 6.54 Å².